The SMILES string of the molecule is O=C(O)CNC1=CC(=O)CCC1. The predicted octanol–water partition coefficient (Wildman–Crippen LogP) is 0.297. The van der Waals surface area contributed by atoms with E-state index in [2.05, 4.69) is 5.32 Å². The molecule has 0 spiro atoms. The smallest absolute Gasteiger partial charge is 0.322 e. The Kier molecular flexibility index (Phi) is 2.85. The van der Waals surface area contributed by atoms with E-state index in [9.17, 15) is 9.59 Å². The van der Waals surface area contributed by atoms with Gasteiger partial charge in [-0.3, -0.25) is 9.59 Å². The second kappa shape index (κ2) is 3.90. The van der Waals surface area contributed by atoms with E-state index < -0.39 is 5.97 Å². The van der Waals surface area contributed by atoms with Crippen molar-refractivity contribution in [2.24, 2.45) is 0 Å². The van der Waals surface area contributed by atoms with Crippen LogP contribution in [0.25, 0.3) is 0 Å². The first-order chi connectivity index (χ1) is 5.68. The molecule has 0 saturated carbocycles. The van der Waals surface area contributed by atoms with Gasteiger partial charge in [-0.1, -0.05) is 0 Å². The molecule has 2 N–H and O–H groups in total. The maximum absolute atomic E-state index is 10.9. The molecule has 0 bridgehead atoms. The summed E-state index contributed by atoms with van der Waals surface area (Å²) in [7, 11) is 0. The Morgan fingerprint density at radius 2 is 2.33 bits per heavy atom. The van der Waals surface area contributed by atoms with Crippen molar-refractivity contribution in [2.45, 2.75) is 19.3 Å². The van der Waals surface area contributed by atoms with Crippen LogP contribution in [-0.2, 0) is 9.59 Å². The number of allylic oxidation sites excluding steroid dienone is 2. The Balaban J connectivity index is 2.40. The molecule has 0 aromatic rings. The zero-order valence-electron chi connectivity index (χ0n) is 6.67. The highest BCUT2D eigenvalue weighted by atomic mass is 16.4. The van der Waals surface area contributed by atoms with Crippen molar-refractivity contribution in [3.05, 3.63) is 11.8 Å². The summed E-state index contributed by atoms with van der Waals surface area (Å²) in [5, 5.41) is 11.0. The summed E-state index contributed by atoms with van der Waals surface area (Å²) < 4.78 is 0. The van der Waals surface area contributed by atoms with E-state index in [1.807, 2.05) is 0 Å². The summed E-state index contributed by atoms with van der Waals surface area (Å²) in [4.78, 5) is 21.0. The van der Waals surface area contributed by atoms with E-state index in [0.29, 0.717) is 6.42 Å². The van der Waals surface area contributed by atoms with Crippen LogP contribution in [-0.4, -0.2) is 23.4 Å². The maximum atomic E-state index is 10.9. The van der Waals surface area contributed by atoms with Gasteiger partial charge in [0.25, 0.3) is 0 Å². The van der Waals surface area contributed by atoms with Crippen LogP contribution < -0.4 is 5.32 Å². The number of carbonyl (C=O) groups excluding carboxylic acids is 1. The number of carboxylic acid groups (broad SMARTS) is 1. The third kappa shape index (κ3) is 2.74. The van der Waals surface area contributed by atoms with E-state index in [1.54, 1.807) is 0 Å². The number of nitrogens with one attached hydrogen (secondary N) is 1. The molecule has 0 heterocycles. The molecule has 12 heavy (non-hydrogen) atoms. The van der Waals surface area contributed by atoms with Crippen LogP contribution in [0.1, 0.15) is 19.3 Å². The van der Waals surface area contributed by atoms with E-state index in [1.165, 1.54) is 6.08 Å². The number of hydrogen-bond donors (Lipinski definition) is 2. The number of carboxylic acids is 1. The Labute approximate surface area is 70.3 Å². The van der Waals surface area contributed by atoms with Crippen molar-refractivity contribution >= 4 is 11.8 Å². The molecule has 0 radical (unpaired) electrons. The summed E-state index contributed by atoms with van der Waals surface area (Å²) in [6, 6.07) is 0. The second-order valence-electron chi connectivity index (χ2n) is 2.74. The van der Waals surface area contributed by atoms with Gasteiger partial charge >= 0.3 is 5.97 Å². The maximum Gasteiger partial charge on any atom is 0.322 e. The third-order valence-electron chi connectivity index (χ3n) is 1.67. The minimum Gasteiger partial charge on any atom is -0.480 e. The van der Waals surface area contributed by atoms with Gasteiger partial charge in [0, 0.05) is 18.2 Å². The van der Waals surface area contributed by atoms with Crippen molar-refractivity contribution in [3.63, 3.8) is 0 Å². The lowest BCUT2D eigenvalue weighted by atomic mass is 10.0. The molecule has 0 atom stereocenters. The summed E-state index contributed by atoms with van der Waals surface area (Å²) in [6.07, 6.45) is 3.67. The van der Waals surface area contributed by atoms with Crippen molar-refractivity contribution in [1.29, 1.82) is 0 Å². The molecule has 1 aliphatic carbocycles. The molecule has 0 aromatic carbocycles. The molecule has 1 aliphatic rings. The first-order valence-corrected chi connectivity index (χ1v) is 3.87. The van der Waals surface area contributed by atoms with Gasteiger partial charge in [0.2, 0.25) is 0 Å². The van der Waals surface area contributed by atoms with Gasteiger partial charge in [-0.05, 0) is 12.8 Å². The van der Waals surface area contributed by atoms with E-state index >= 15 is 0 Å². The summed E-state index contributed by atoms with van der Waals surface area (Å²) in [5.41, 5.74) is 0.744. The van der Waals surface area contributed by atoms with Gasteiger partial charge < -0.3 is 10.4 Å². The number of hydrogen-bond acceptors (Lipinski definition) is 3. The van der Waals surface area contributed by atoms with Gasteiger partial charge in [0.15, 0.2) is 5.78 Å². The summed E-state index contributed by atoms with van der Waals surface area (Å²) in [6.45, 7) is -0.112. The predicted molar refractivity (Wildman–Crippen MR) is 42.6 cm³/mol. The molecule has 0 aliphatic heterocycles. The molecular formula is C8H11NO3. The van der Waals surface area contributed by atoms with E-state index in [4.69, 9.17) is 5.11 Å². The molecule has 0 amide bonds. The van der Waals surface area contributed by atoms with Crippen LogP contribution in [0.3, 0.4) is 0 Å². The first kappa shape index (κ1) is 8.77. The van der Waals surface area contributed by atoms with Gasteiger partial charge in [-0.25, -0.2) is 0 Å². The van der Waals surface area contributed by atoms with Crippen LogP contribution >= 0.6 is 0 Å². The first-order valence-electron chi connectivity index (χ1n) is 3.87. The highest BCUT2D eigenvalue weighted by molar-refractivity contribution is 5.91. The van der Waals surface area contributed by atoms with Crippen LogP contribution in [0.15, 0.2) is 11.8 Å². The lowest BCUT2D eigenvalue weighted by Gasteiger charge is -2.12. The fraction of sp³-hybridized carbons (Fsp3) is 0.500. The molecule has 0 unspecified atom stereocenters. The van der Waals surface area contributed by atoms with Crippen LogP contribution in [0.5, 0.6) is 0 Å². The van der Waals surface area contributed by atoms with Crippen molar-refractivity contribution in [2.75, 3.05) is 6.54 Å². The zero-order valence-corrected chi connectivity index (χ0v) is 6.67. The summed E-state index contributed by atoms with van der Waals surface area (Å²) >= 11 is 0. The topological polar surface area (TPSA) is 66.4 Å². The number of rotatable bonds is 3. The molecule has 0 saturated heterocycles. The third-order valence-corrected chi connectivity index (χ3v) is 1.67. The van der Waals surface area contributed by atoms with Crippen LogP contribution in [0, 0.1) is 0 Å². The lowest BCUT2D eigenvalue weighted by molar-refractivity contribution is -0.135. The largest absolute Gasteiger partial charge is 0.480 e. The average molecular weight is 169 g/mol. The minimum atomic E-state index is -0.908. The minimum absolute atomic E-state index is 0.0779. The number of carbonyl (C=O) groups is 2. The number of aliphatic carboxylic acids is 1. The fourth-order valence-corrected chi connectivity index (χ4v) is 1.12. The van der Waals surface area contributed by atoms with Crippen LogP contribution in [0.4, 0.5) is 0 Å². The molecule has 1 rings (SSSR count). The van der Waals surface area contributed by atoms with E-state index in [-0.39, 0.29) is 12.3 Å². The summed E-state index contributed by atoms with van der Waals surface area (Å²) in [5.74, 6) is -0.830. The van der Waals surface area contributed by atoms with Gasteiger partial charge in [-0.2, -0.15) is 0 Å². The lowest BCUT2D eigenvalue weighted by Crippen LogP contribution is -2.24. The average Bonchev–Trinajstić information content (AvgIpc) is 2.01. The highest BCUT2D eigenvalue weighted by Crippen LogP contribution is 2.11. The highest BCUT2D eigenvalue weighted by Gasteiger charge is 2.09. The molecule has 4 heteroatoms. The van der Waals surface area contributed by atoms with Gasteiger partial charge in [-0.15, -0.1) is 0 Å². The van der Waals surface area contributed by atoms with Gasteiger partial charge in [0.1, 0.15) is 6.54 Å². The van der Waals surface area contributed by atoms with Crippen LogP contribution in [0.2, 0.25) is 0 Å². The second-order valence-corrected chi connectivity index (χ2v) is 2.74. The Morgan fingerprint density at radius 3 is 2.92 bits per heavy atom. The standard InChI is InChI=1S/C8H11NO3/c10-7-3-1-2-6(4-7)9-5-8(11)12/h4,9H,1-3,5H2,(H,11,12). The molecule has 0 aromatic heterocycles. The zero-order chi connectivity index (χ0) is 8.97. The van der Waals surface area contributed by atoms with Crippen molar-refractivity contribution in [3.8, 4) is 0 Å². The quantitative estimate of drug-likeness (QED) is 0.637. The monoisotopic (exact) mass is 169 g/mol. The van der Waals surface area contributed by atoms with Crippen molar-refractivity contribution in [1.82, 2.24) is 5.32 Å². The molecule has 0 fully saturated rings. The normalized spacial score (nSPS) is 17.0. The Bertz CT molecular complexity index is 232. The molecule has 66 valence electrons. The molecule has 4 nitrogen and oxygen atoms in total. The van der Waals surface area contributed by atoms with Crippen molar-refractivity contribution < 1.29 is 14.7 Å². The number of ketones is 1. The Hall–Kier alpha value is -1.32. The molecular weight excluding hydrogens is 158 g/mol. The van der Waals surface area contributed by atoms with E-state index in [0.717, 1.165) is 18.5 Å². The van der Waals surface area contributed by atoms with Gasteiger partial charge in [0.05, 0.1) is 0 Å². The fourth-order valence-electron chi connectivity index (χ4n) is 1.12. The Morgan fingerprint density at radius 1 is 1.58 bits per heavy atom.